The molecule has 0 radical (unpaired) electrons. The number of nitrogens with one attached hydrogen (secondary N) is 1. The quantitative estimate of drug-likeness (QED) is 0.912. The Balaban J connectivity index is 1.93. The molecule has 18 heavy (non-hydrogen) atoms. The van der Waals surface area contributed by atoms with Crippen molar-refractivity contribution < 1.29 is 8.42 Å². The lowest BCUT2D eigenvalue weighted by Gasteiger charge is -2.03. The van der Waals surface area contributed by atoms with Crippen LogP contribution in [-0.4, -0.2) is 19.5 Å². The monoisotopic (exact) mass is 284 g/mol. The molecule has 0 fully saturated rings. The van der Waals surface area contributed by atoms with Gasteiger partial charge in [-0.15, -0.1) is 11.3 Å². The molecule has 0 saturated carbocycles. The predicted molar refractivity (Wildman–Crippen MR) is 73.4 cm³/mol. The van der Waals surface area contributed by atoms with Gasteiger partial charge in [0.05, 0.1) is 0 Å². The van der Waals surface area contributed by atoms with Gasteiger partial charge >= 0.3 is 0 Å². The van der Waals surface area contributed by atoms with Crippen molar-refractivity contribution >= 4 is 21.4 Å². The second kappa shape index (κ2) is 5.26. The van der Waals surface area contributed by atoms with E-state index in [0.29, 0.717) is 17.2 Å². The van der Waals surface area contributed by atoms with Gasteiger partial charge in [-0.2, -0.15) is 0 Å². The molecule has 2 aromatic heterocycles. The van der Waals surface area contributed by atoms with Crippen molar-refractivity contribution in [1.29, 1.82) is 0 Å². The molecule has 0 aliphatic rings. The minimum absolute atomic E-state index is 0.382. The van der Waals surface area contributed by atoms with Crippen LogP contribution in [0, 0.1) is 6.92 Å². The first-order valence-electron chi connectivity index (χ1n) is 5.64. The van der Waals surface area contributed by atoms with Gasteiger partial charge in [-0.05, 0) is 37.1 Å². The SMILES string of the molecule is Cc1ccc(S(=O)(=O)NCCc2ccn(C)c2)s1. The van der Waals surface area contributed by atoms with Crippen LogP contribution in [0.2, 0.25) is 0 Å². The second-order valence-corrected chi connectivity index (χ2v) is 7.48. The van der Waals surface area contributed by atoms with Gasteiger partial charge in [-0.1, -0.05) is 0 Å². The third-order valence-corrected chi connectivity index (χ3v) is 5.53. The lowest BCUT2D eigenvalue weighted by molar-refractivity contribution is 0.584. The van der Waals surface area contributed by atoms with Gasteiger partial charge in [-0.25, -0.2) is 13.1 Å². The van der Waals surface area contributed by atoms with E-state index in [-0.39, 0.29) is 0 Å². The Morgan fingerprint density at radius 3 is 2.67 bits per heavy atom. The number of sulfonamides is 1. The summed E-state index contributed by atoms with van der Waals surface area (Å²) in [6.07, 6.45) is 4.64. The van der Waals surface area contributed by atoms with Crippen LogP contribution in [0.15, 0.2) is 34.8 Å². The zero-order valence-electron chi connectivity index (χ0n) is 10.4. The molecule has 1 N–H and O–H groups in total. The largest absolute Gasteiger partial charge is 0.357 e. The van der Waals surface area contributed by atoms with E-state index in [2.05, 4.69) is 4.72 Å². The molecule has 0 bridgehead atoms. The predicted octanol–water partition coefficient (Wildman–Crippen LogP) is 1.92. The van der Waals surface area contributed by atoms with Crippen LogP contribution in [0.3, 0.4) is 0 Å². The summed E-state index contributed by atoms with van der Waals surface area (Å²) in [4.78, 5) is 0.999. The van der Waals surface area contributed by atoms with Crippen LogP contribution >= 0.6 is 11.3 Å². The molecule has 0 unspecified atom stereocenters. The smallest absolute Gasteiger partial charge is 0.250 e. The van der Waals surface area contributed by atoms with Crippen molar-refractivity contribution in [2.24, 2.45) is 7.05 Å². The van der Waals surface area contributed by atoms with Crippen molar-refractivity contribution in [2.45, 2.75) is 17.6 Å². The lowest BCUT2D eigenvalue weighted by atomic mass is 10.2. The highest BCUT2D eigenvalue weighted by molar-refractivity contribution is 7.91. The maximum Gasteiger partial charge on any atom is 0.250 e. The minimum atomic E-state index is -3.34. The lowest BCUT2D eigenvalue weighted by Crippen LogP contribution is -2.25. The average molecular weight is 284 g/mol. The number of aryl methyl sites for hydroxylation is 2. The molecule has 2 heterocycles. The zero-order chi connectivity index (χ0) is 13.2. The second-order valence-electron chi connectivity index (χ2n) is 4.20. The number of rotatable bonds is 5. The summed E-state index contributed by atoms with van der Waals surface area (Å²) in [5.74, 6) is 0. The molecule has 0 saturated heterocycles. The van der Waals surface area contributed by atoms with E-state index in [1.807, 2.05) is 43.1 Å². The van der Waals surface area contributed by atoms with E-state index in [1.165, 1.54) is 11.3 Å². The highest BCUT2D eigenvalue weighted by Gasteiger charge is 2.15. The van der Waals surface area contributed by atoms with Gasteiger partial charge in [0.25, 0.3) is 0 Å². The van der Waals surface area contributed by atoms with Crippen molar-refractivity contribution in [3.05, 3.63) is 41.0 Å². The van der Waals surface area contributed by atoms with E-state index < -0.39 is 10.0 Å². The molecule has 0 amide bonds. The summed E-state index contributed by atoms with van der Waals surface area (Å²) in [6, 6.07) is 5.45. The number of thiophene rings is 1. The summed E-state index contributed by atoms with van der Waals surface area (Å²) in [5.41, 5.74) is 1.13. The molecule has 0 aromatic carbocycles. The fourth-order valence-electron chi connectivity index (χ4n) is 1.67. The summed E-state index contributed by atoms with van der Waals surface area (Å²) in [6.45, 7) is 2.32. The van der Waals surface area contributed by atoms with Crippen LogP contribution in [-0.2, 0) is 23.5 Å². The Labute approximate surface area is 111 Å². The van der Waals surface area contributed by atoms with Crippen LogP contribution in [0.25, 0.3) is 0 Å². The number of aromatic nitrogens is 1. The van der Waals surface area contributed by atoms with Gasteiger partial charge < -0.3 is 4.57 Å². The molecule has 98 valence electrons. The normalized spacial score (nSPS) is 11.9. The van der Waals surface area contributed by atoms with Crippen molar-refractivity contribution in [3.8, 4) is 0 Å². The van der Waals surface area contributed by atoms with E-state index in [1.54, 1.807) is 6.07 Å². The Morgan fingerprint density at radius 2 is 2.11 bits per heavy atom. The van der Waals surface area contributed by atoms with Gasteiger partial charge in [0, 0.05) is 30.9 Å². The first-order valence-corrected chi connectivity index (χ1v) is 7.94. The fourth-order valence-corrected chi connectivity index (χ4v) is 4.03. The van der Waals surface area contributed by atoms with Crippen molar-refractivity contribution in [2.75, 3.05) is 6.54 Å². The highest BCUT2D eigenvalue weighted by atomic mass is 32.2. The topological polar surface area (TPSA) is 51.1 Å². The highest BCUT2D eigenvalue weighted by Crippen LogP contribution is 2.20. The van der Waals surface area contributed by atoms with Crippen LogP contribution in [0.1, 0.15) is 10.4 Å². The molecule has 0 aliphatic carbocycles. The van der Waals surface area contributed by atoms with Gasteiger partial charge in [0.2, 0.25) is 10.0 Å². The summed E-state index contributed by atoms with van der Waals surface area (Å²) >= 11 is 1.29. The molecule has 0 atom stereocenters. The third-order valence-electron chi connectivity index (χ3n) is 2.58. The van der Waals surface area contributed by atoms with E-state index in [9.17, 15) is 8.42 Å². The average Bonchev–Trinajstić information content (AvgIpc) is 2.88. The first kappa shape index (κ1) is 13.3. The Bertz CT molecular complexity index is 626. The minimum Gasteiger partial charge on any atom is -0.357 e. The molecule has 2 rings (SSSR count). The van der Waals surface area contributed by atoms with Crippen molar-refractivity contribution in [1.82, 2.24) is 9.29 Å². The number of nitrogens with zero attached hydrogens (tertiary/aromatic N) is 1. The Hall–Kier alpha value is -1.11. The van der Waals surface area contributed by atoms with E-state index in [0.717, 1.165) is 10.4 Å². The van der Waals surface area contributed by atoms with Crippen LogP contribution < -0.4 is 4.72 Å². The standard InChI is InChI=1S/C12H16N2O2S2/c1-10-3-4-12(17-10)18(15,16)13-7-5-11-6-8-14(2)9-11/h3-4,6,8-9,13H,5,7H2,1-2H3. The maximum atomic E-state index is 11.9. The number of hydrogen-bond acceptors (Lipinski definition) is 3. The third kappa shape index (κ3) is 3.22. The fraction of sp³-hybridized carbons (Fsp3) is 0.333. The first-order chi connectivity index (χ1) is 8.47. The van der Waals surface area contributed by atoms with Crippen LogP contribution in [0.4, 0.5) is 0 Å². The Kier molecular flexibility index (Phi) is 3.89. The molecular formula is C12H16N2O2S2. The summed E-state index contributed by atoms with van der Waals surface area (Å²) in [7, 11) is -1.39. The molecule has 2 aromatic rings. The maximum absolute atomic E-state index is 11.9. The zero-order valence-corrected chi connectivity index (χ0v) is 12.0. The Morgan fingerprint density at radius 1 is 1.33 bits per heavy atom. The molecular weight excluding hydrogens is 268 g/mol. The van der Waals surface area contributed by atoms with Gasteiger partial charge in [0.15, 0.2) is 0 Å². The van der Waals surface area contributed by atoms with Gasteiger partial charge in [0.1, 0.15) is 4.21 Å². The molecule has 4 nitrogen and oxygen atoms in total. The molecule has 0 spiro atoms. The number of hydrogen-bond donors (Lipinski definition) is 1. The van der Waals surface area contributed by atoms with E-state index >= 15 is 0 Å². The summed E-state index contributed by atoms with van der Waals surface area (Å²) in [5, 5.41) is 0. The molecule has 0 aliphatic heterocycles. The summed E-state index contributed by atoms with van der Waals surface area (Å²) < 4.78 is 28.8. The van der Waals surface area contributed by atoms with Crippen LogP contribution in [0.5, 0.6) is 0 Å². The molecule has 6 heteroatoms. The van der Waals surface area contributed by atoms with E-state index in [4.69, 9.17) is 0 Å². The van der Waals surface area contributed by atoms with Gasteiger partial charge in [-0.3, -0.25) is 0 Å². The van der Waals surface area contributed by atoms with Crippen molar-refractivity contribution in [3.63, 3.8) is 0 Å².